The van der Waals surface area contributed by atoms with E-state index in [1.54, 1.807) is 55.6 Å². The van der Waals surface area contributed by atoms with Crippen LogP contribution < -0.4 is 14.9 Å². The number of amides is 1. The molecule has 0 aliphatic heterocycles. The fraction of sp³-hybridized carbons (Fsp3) is 0.0476. The molecule has 0 aromatic heterocycles. The Hall–Kier alpha value is -3.36. The van der Waals surface area contributed by atoms with Gasteiger partial charge in [0.15, 0.2) is 0 Å². The SMILES string of the molecule is COc1ccc(/C=N\NC(=O)c2cccc(S(=O)(=O)Nc3ccccc3Cl)c2)cc1. The number of nitrogens with zero attached hydrogens (tertiary/aromatic N) is 1. The van der Waals surface area contributed by atoms with Gasteiger partial charge in [-0.3, -0.25) is 9.52 Å². The van der Waals surface area contributed by atoms with Gasteiger partial charge in [-0.2, -0.15) is 5.10 Å². The van der Waals surface area contributed by atoms with E-state index in [0.29, 0.717) is 5.75 Å². The highest BCUT2D eigenvalue weighted by atomic mass is 35.5. The molecule has 3 rings (SSSR count). The molecule has 0 radical (unpaired) electrons. The minimum Gasteiger partial charge on any atom is -0.497 e. The number of benzene rings is 3. The number of rotatable bonds is 7. The van der Waals surface area contributed by atoms with E-state index >= 15 is 0 Å². The summed E-state index contributed by atoms with van der Waals surface area (Å²) in [7, 11) is -2.36. The van der Waals surface area contributed by atoms with Gasteiger partial charge in [0.25, 0.3) is 15.9 Å². The van der Waals surface area contributed by atoms with Gasteiger partial charge in [0.05, 0.1) is 28.9 Å². The third-order valence-corrected chi connectivity index (χ3v) is 5.71. The second-order valence-electron chi connectivity index (χ2n) is 6.09. The average Bonchev–Trinajstić information content (AvgIpc) is 2.76. The van der Waals surface area contributed by atoms with E-state index in [-0.39, 0.29) is 21.2 Å². The van der Waals surface area contributed by atoms with Gasteiger partial charge in [0, 0.05) is 5.56 Å². The zero-order valence-electron chi connectivity index (χ0n) is 15.9. The number of sulfonamides is 1. The summed E-state index contributed by atoms with van der Waals surface area (Å²) < 4.78 is 32.8. The molecule has 7 nitrogen and oxygen atoms in total. The van der Waals surface area contributed by atoms with E-state index < -0.39 is 15.9 Å². The van der Waals surface area contributed by atoms with Crippen LogP contribution in [-0.4, -0.2) is 27.6 Å². The molecule has 0 aliphatic carbocycles. The first-order chi connectivity index (χ1) is 14.4. The van der Waals surface area contributed by atoms with E-state index in [9.17, 15) is 13.2 Å². The smallest absolute Gasteiger partial charge is 0.271 e. The Morgan fingerprint density at radius 1 is 1.03 bits per heavy atom. The number of hydrogen-bond acceptors (Lipinski definition) is 5. The van der Waals surface area contributed by atoms with Crippen LogP contribution in [0.5, 0.6) is 5.75 Å². The van der Waals surface area contributed by atoms with Gasteiger partial charge < -0.3 is 4.74 Å². The number of hydrazone groups is 1. The summed E-state index contributed by atoms with van der Waals surface area (Å²) >= 11 is 6.01. The first-order valence-electron chi connectivity index (χ1n) is 8.74. The van der Waals surface area contributed by atoms with Gasteiger partial charge in [0.1, 0.15) is 5.75 Å². The Morgan fingerprint density at radius 3 is 2.47 bits per heavy atom. The second-order valence-corrected chi connectivity index (χ2v) is 8.18. The molecule has 0 atom stereocenters. The number of carbonyl (C=O) groups excluding carboxylic acids is 1. The molecule has 0 bridgehead atoms. The molecule has 0 saturated heterocycles. The van der Waals surface area contributed by atoms with Gasteiger partial charge in [-0.05, 0) is 60.2 Å². The number of para-hydroxylation sites is 1. The van der Waals surface area contributed by atoms with Crippen LogP contribution in [0.2, 0.25) is 5.02 Å². The predicted octanol–water partition coefficient (Wildman–Crippen LogP) is 3.91. The van der Waals surface area contributed by atoms with Crippen LogP contribution in [0.25, 0.3) is 0 Å². The lowest BCUT2D eigenvalue weighted by Gasteiger charge is -2.10. The first kappa shape index (κ1) is 21.4. The molecule has 0 aliphatic rings. The molecule has 154 valence electrons. The first-order valence-corrected chi connectivity index (χ1v) is 10.6. The molecule has 1 amide bonds. The Morgan fingerprint density at radius 2 is 1.77 bits per heavy atom. The summed E-state index contributed by atoms with van der Waals surface area (Å²) in [6, 6.07) is 19.2. The van der Waals surface area contributed by atoms with E-state index in [1.165, 1.54) is 30.5 Å². The van der Waals surface area contributed by atoms with Crippen molar-refractivity contribution in [3.8, 4) is 5.75 Å². The van der Waals surface area contributed by atoms with Crippen molar-refractivity contribution >= 4 is 39.4 Å². The Labute approximate surface area is 179 Å². The number of nitrogens with one attached hydrogen (secondary N) is 2. The fourth-order valence-electron chi connectivity index (χ4n) is 2.47. The van der Waals surface area contributed by atoms with Gasteiger partial charge in [-0.1, -0.05) is 29.8 Å². The highest BCUT2D eigenvalue weighted by molar-refractivity contribution is 7.92. The number of anilines is 1. The maximum Gasteiger partial charge on any atom is 0.271 e. The Kier molecular flexibility index (Phi) is 6.71. The summed E-state index contributed by atoms with van der Waals surface area (Å²) in [5, 5.41) is 4.16. The van der Waals surface area contributed by atoms with Crippen LogP contribution in [0.1, 0.15) is 15.9 Å². The van der Waals surface area contributed by atoms with Gasteiger partial charge in [-0.25, -0.2) is 13.8 Å². The molecule has 30 heavy (non-hydrogen) atoms. The molecule has 2 N–H and O–H groups in total. The lowest BCUT2D eigenvalue weighted by Crippen LogP contribution is -2.19. The third kappa shape index (κ3) is 5.37. The van der Waals surface area contributed by atoms with Crippen molar-refractivity contribution in [1.82, 2.24) is 5.43 Å². The highest BCUT2D eigenvalue weighted by Crippen LogP contribution is 2.24. The molecule has 3 aromatic rings. The molecule has 3 aromatic carbocycles. The number of carbonyl (C=O) groups is 1. The van der Waals surface area contributed by atoms with Crippen molar-refractivity contribution in [2.45, 2.75) is 4.90 Å². The van der Waals surface area contributed by atoms with Gasteiger partial charge >= 0.3 is 0 Å². The van der Waals surface area contributed by atoms with E-state index in [0.717, 1.165) is 5.56 Å². The Balaban J connectivity index is 1.71. The van der Waals surface area contributed by atoms with Crippen molar-refractivity contribution in [1.29, 1.82) is 0 Å². The third-order valence-electron chi connectivity index (χ3n) is 4.02. The fourth-order valence-corrected chi connectivity index (χ4v) is 3.84. The van der Waals surface area contributed by atoms with Crippen molar-refractivity contribution in [3.63, 3.8) is 0 Å². The van der Waals surface area contributed by atoms with Crippen LogP contribution in [0.15, 0.2) is 82.8 Å². The van der Waals surface area contributed by atoms with Crippen molar-refractivity contribution in [3.05, 3.63) is 88.9 Å². The number of halogens is 1. The van der Waals surface area contributed by atoms with Gasteiger partial charge in [-0.15, -0.1) is 0 Å². The minimum absolute atomic E-state index is 0.0748. The molecule has 0 unspecified atom stereocenters. The molecule has 0 spiro atoms. The quantitative estimate of drug-likeness (QED) is 0.427. The number of methoxy groups -OCH3 is 1. The molecular formula is C21H18ClN3O4S. The van der Waals surface area contributed by atoms with Crippen LogP contribution >= 0.6 is 11.6 Å². The molecule has 0 heterocycles. The second kappa shape index (κ2) is 9.43. The standard InChI is InChI=1S/C21H18ClN3O4S/c1-29-17-11-9-15(10-12-17)14-23-24-21(26)16-5-4-6-18(13-16)30(27,28)25-20-8-3-2-7-19(20)22/h2-14,25H,1H3,(H,24,26)/b23-14-. The predicted molar refractivity (Wildman–Crippen MR) is 117 cm³/mol. The summed E-state index contributed by atoms with van der Waals surface area (Å²) in [5.74, 6) is 0.161. The highest BCUT2D eigenvalue weighted by Gasteiger charge is 2.17. The lowest BCUT2D eigenvalue weighted by atomic mass is 10.2. The molecular weight excluding hydrogens is 426 g/mol. The van der Waals surface area contributed by atoms with Crippen LogP contribution in [-0.2, 0) is 10.0 Å². The summed E-state index contributed by atoms with van der Waals surface area (Å²) in [5.41, 5.74) is 3.53. The monoisotopic (exact) mass is 443 g/mol. The zero-order chi connectivity index (χ0) is 21.6. The van der Waals surface area contributed by atoms with Gasteiger partial charge in [0.2, 0.25) is 0 Å². The lowest BCUT2D eigenvalue weighted by molar-refractivity contribution is 0.0955. The summed E-state index contributed by atoms with van der Waals surface area (Å²) in [6.07, 6.45) is 1.47. The zero-order valence-corrected chi connectivity index (χ0v) is 17.4. The molecule has 0 fully saturated rings. The van der Waals surface area contributed by atoms with E-state index in [1.807, 2.05) is 0 Å². The number of ether oxygens (including phenoxy) is 1. The van der Waals surface area contributed by atoms with Crippen molar-refractivity contribution in [2.24, 2.45) is 5.10 Å². The summed E-state index contributed by atoms with van der Waals surface area (Å²) in [4.78, 5) is 12.3. The maximum absolute atomic E-state index is 12.6. The van der Waals surface area contributed by atoms with Crippen molar-refractivity contribution < 1.29 is 17.9 Å². The number of hydrogen-bond donors (Lipinski definition) is 2. The van der Waals surface area contributed by atoms with Crippen molar-refractivity contribution in [2.75, 3.05) is 11.8 Å². The van der Waals surface area contributed by atoms with Crippen LogP contribution in [0.3, 0.4) is 0 Å². The largest absolute Gasteiger partial charge is 0.497 e. The normalized spacial score (nSPS) is 11.3. The topological polar surface area (TPSA) is 96.9 Å². The average molecular weight is 444 g/mol. The van der Waals surface area contributed by atoms with Crippen LogP contribution in [0, 0.1) is 0 Å². The van der Waals surface area contributed by atoms with E-state index in [2.05, 4.69) is 15.2 Å². The molecule has 9 heteroatoms. The Bertz CT molecular complexity index is 1180. The maximum atomic E-state index is 12.6. The van der Waals surface area contributed by atoms with E-state index in [4.69, 9.17) is 16.3 Å². The minimum atomic E-state index is -3.93. The van der Waals surface area contributed by atoms with Crippen LogP contribution in [0.4, 0.5) is 5.69 Å². The molecule has 0 saturated carbocycles. The summed E-state index contributed by atoms with van der Waals surface area (Å²) in [6.45, 7) is 0.